The SMILES string of the molecule is CN(C)CCN(C)C(=O)c1nc(N)nc2ccccc12. The van der Waals surface area contributed by atoms with Gasteiger partial charge in [-0.05, 0) is 20.2 Å². The van der Waals surface area contributed by atoms with Gasteiger partial charge in [-0.2, -0.15) is 0 Å². The highest BCUT2D eigenvalue weighted by atomic mass is 16.2. The van der Waals surface area contributed by atoms with E-state index < -0.39 is 0 Å². The average molecular weight is 273 g/mol. The molecule has 0 bridgehead atoms. The number of fused-ring (bicyclic) bond motifs is 1. The Kier molecular flexibility index (Phi) is 4.14. The highest BCUT2D eigenvalue weighted by molar-refractivity contribution is 6.04. The molecule has 1 amide bonds. The number of hydrogen-bond acceptors (Lipinski definition) is 5. The standard InChI is InChI=1S/C14H19N5O/c1-18(2)8-9-19(3)13(20)12-10-6-4-5-7-11(10)16-14(15)17-12/h4-7H,8-9H2,1-3H3,(H2,15,16,17). The van der Waals surface area contributed by atoms with Gasteiger partial charge in [0.1, 0.15) is 5.69 Å². The number of aromatic nitrogens is 2. The van der Waals surface area contributed by atoms with Crippen molar-refractivity contribution in [3.05, 3.63) is 30.0 Å². The van der Waals surface area contributed by atoms with Gasteiger partial charge in [-0.25, -0.2) is 9.97 Å². The van der Waals surface area contributed by atoms with E-state index in [0.717, 1.165) is 11.9 Å². The first-order valence-corrected chi connectivity index (χ1v) is 6.41. The maximum absolute atomic E-state index is 12.5. The molecule has 0 aliphatic carbocycles. The fourth-order valence-electron chi connectivity index (χ4n) is 1.89. The molecule has 2 N–H and O–H groups in total. The summed E-state index contributed by atoms with van der Waals surface area (Å²) >= 11 is 0. The molecule has 0 fully saturated rings. The third kappa shape index (κ3) is 3.03. The predicted octanol–water partition coefficient (Wildman–Crippen LogP) is 0.846. The van der Waals surface area contributed by atoms with E-state index in [1.807, 2.05) is 43.3 Å². The van der Waals surface area contributed by atoms with Crippen LogP contribution in [0.25, 0.3) is 10.9 Å². The van der Waals surface area contributed by atoms with Crippen LogP contribution in [0.1, 0.15) is 10.5 Å². The summed E-state index contributed by atoms with van der Waals surface area (Å²) in [5.74, 6) is -0.0230. The van der Waals surface area contributed by atoms with Gasteiger partial charge >= 0.3 is 0 Å². The zero-order valence-corrected chi connectivity index (χ0v) is 12.0. The van der Waals surface area contributed by atoms with Gasteiger partial charge in [0.2, 0.25) is 5.95 Å². The summed E-state index contributed by atoms with van der Waals surface area (Å²) in [5.41, 5.74) is 6.72. The fourth-order valence-corrected chi connectivity index (χ4v) is 1.89. The van der Waals surface area contributed by atoms with E-state index in [4.69, 9.17) is 5.73 Å². The second-order valence-electron chi connectivity index (χ2n) is 4.98. The van der Waals surface area contributed by atoms with Crippen LogP contribution < -0.4 is 5.73 Å². The molecule has 106 valence electrons. The minimum absolute atomic E-state index is 0.119. The highest BCUT2D eigenvalue weighted by Crippen LogP contribution is 2.17. The summed E-state index contributed by atoms with van der Waals surface area (Å²) in [6, 6.07) is 7.38. The van der Waals surface area contributed by atoms with E-state index in [1.54, 1.807) is 11.9 Å². The van der Waals surface area contributed by atoms with Gasteiger partial charge in [-0.15, -0.1) is 0 Å². The molecule has 2 aromatic rings. The molecule has 0 unspecified atom stereocenters. The van der Waals surface area contributed by atoms with Gasteiger partial charge < -0.3 is 15.5 Å². The second kappa shape index (κ2) is 5.83. The molecule has 20 heavy (non-hydrogen) atoms. The van der Waals surface area contributed by atoms with E-state index in [9.17, 15) is 4.79 Å². The van der Waals surface area contributed by atoms with Crippen molar-refractivity contribution in [2.75, 3.05) is 40.0 Å². The van der Waals surface area contributed by atoms with Crippen molar-refractivity contribution < 1.29 is 4.79 Å². The first kappa shape index (κ1) is 14.2. The Hall–Kier alpha value is -2.21. The number of rotatable bonds is 4. The Morgan fingerprint density at radius 1 is 1.15 bits per heavy atom. The van der Waals surface area contributed by atoms with Crippen LogP contribution in [0.5, 0.6) is 0 Å². The first-order chi connectivity index (χ1) is 9.49. The number of carbonyl (C=O) groups excluding carboxylic acids is 1. The van der Waals surface area contributed by atoms with E-state index in [1.165, 1.54) is 0 Å². The zero-order valence-electron chi connectivity index (χ0n) is 12.0. The monoisotopic (exact) mass is 273 g/mol. The van der Waals surface area contributed by atoms with E-state index in [2.05, 4.69) is 9.97 Å². The minimum Gasteiger partial charge on any atom is -0.368 e. The molecule has 1 aromatic carbocycles. The van der Waals surface area contributed by atoms with Crippen LogP contribution in [0, 0.1) is 0 Å². The number of para-hydroxylation sites is 1. The third-order valence-corrected chi connectivity index (χ3v) is 3.05. The lowest BCUT2D eigenvalue weighted by atomic mass is 10.1. The van der Waals surface area contributed by atoms with Crippen molar-refractivity contribution in [3.63, 3.8) is 0 Å². The molecule has 0 saturated heterocycles. The normalized spacial score (nSPS) is 11.0. The van der Waals surface area contributed by atoms with E-state index in [0.29, 0.717) is 17.8 Å². The lowest BCUT2D eigenvalue weighted by Gasteiger charge is -2.20. The van der Waals surface area contributed by atoms with Crippen molar-refractivity contribution in [1.29, 1.82) is 0 Å². The predicted molar refractivity (Wildman–Crippen MR) is 79.5 cm³/mol. The molecule has 0 aliphatic heterocycles. The van der Waals surface area contributed by atoms with Gasteiger partial charge in [0.05, 0.1) is 5.52 Å². The molecule has 0 aliphatic rings. The second-order valence-corrected chi connectivity index (χ2v) is 4.98. The van der Waals surface area contributed by atoms with Crippen LogP contribution in [0.15, 0.2) is 24.3 Å². The maximum Gasteiger partial charge on any atom is 0.273 e. The van der Waals surface area contributed by atoms with Gasteiger partial charge in [0, 0.05) is 25.5 Å². The van der Waals surface area contributed by atoms with Crippen LogP contribution in [0.2, 0.25) is 0 Å². The minimum atomic E-state index is -0.142. The molecule has 0 saturated carbocycles. The summed E-state index contributed by atoms with van der Waals surface area (Å²) < 4.78 is 0. The molecular formula is C14H19N5O. The van der Waals surface area contributed by atoms with Gasteiger partial charge in [-0.3, -0.25) is 4.79 Å². The van der Waals surface area contributed by atoms with Crippen LogP contribution in [-0.2, 0) is 0 Å². The number of hydrogen-bond donors (Lipinski definition) is 1. The number of nitrogens with two attached hydrogens (primary N) is 1. The Morgan fingerprint density at radius 3 is 2.55 bits per heavy atom. The zero-order chi connectivity index (χ0) is 14.7. The number of carbonyl (C=O) groups is 1. The fraction of sp³-hybridized carbons (Fsp3) is 0.357. The van der Waals surface area contributed by atoms with E-state index >= 15 is 0 Å². The van der Waals surface area contributed by atoms with Gasteiger partial charge in [0.15, 0.2) is 0 Å². The Balaban J connectivity index is 2.34. The molecule has 1 heterocycles. The number of anilines is 1. The molecule has 6 heteroatoms. The highest BCUT2D eigenvalue weighted by Gasteiger charge is 2.17. The van der Waals surface area contributed by atoms with Crippen LogP contribution in [-0.4, -0.2) is 59.9 Å². The summed E-state index contributed by atoms with van der Waals surface area (Å²) in [4.78, 5) is 24.4. The van der Waals surface area contributed by atoms with Crippen LogP contribution >= 0.6 is 0 Å². The average Bonchev–Trinajstić information content (AvgIpc) is 2.42. The van der Waals surface area contributed by atoms with Crippen LogP contribution in [0.3, 0.4) is 0 Å². The molecular weight excluding hydrogens is 254 g/mol. The first-order valence-electron chi connectivity index (χ1n) is 6.41. The van der Waals surface area contributed by atoms with Crippen LogP contribution in [0.4, 0.5) is 5.95 Å². The molecule has 0 radical (unpaired) electrons. The van der Waals surface area contributed by atoms with Crippen molar-refractivity contribution in [2.24, 2.45) is 0 Å². The summed E-state index contributed by atoms with van der Waals surface area (Å²) in [5, 5.41) is 0.725. The largest absolute Gasteiger partial charge is 0.368 e. The molecule has 0 atom stereocenters. The summed E-state index contributed by atoms with van der Waals surface area (Å²) in [6.45, 7) is 1.42. The van der Waals surface area contributed by atoms with Gasteiger partial charge in [-0.1, -0.05) is 18.2 Å². The molecule has 1 aromatic heterocycles. The topological polar surface area (TPSA) is 75.3 Å². The third-order valence-electron chi connectivity index (χ3n) is 3.05. The Bertz CT molecular complexity index is 626. The van der Waals surface area contributed by atoms with Crippen molar-refractivity contribution in [1.82, 2.24) is 19.8 Å². The molecule has 2 rings (SSSR count). The number of nitrogens with zero attached hydrogens (tertiary/aromatic N) is 4. The lowest BCUT2D eigenvalue weighted by molar-refractivity contribution is 0.0782. The van der Waals surface area contributed by atoms with Crippen molar-refractivity contribution in [2.45, 2.75) is 0 Å². The van der Waals surface area contributed by atoms with E-state index in [-0.39, 0.29) is 11.9 Å². The number of likely N-dealkylation sites (N-methyl/N-ethyl adjacent to an activating group) is 2. The molecule has 6 nitrogen and oxygen atoms in total. The smallest absolute Gasteiger partial charge is 0.273 e. The lowest BCUT2D eigenvalue weighted by Crippen LogP contribution is -2.34. The number of amides is 1. The summed E-state index contributed by atoms with van der Waals surface area (Å²) in [7, 11) is 5.70. The maximum atomic E-state index is 12.5. The van der Waals surface area contributed by atoms with Gasteiger partial charge in [0.25, 0.3) is 5.91 Å². The van der Waals surface area contributed by atoms with Crippen molar-refractivity contribution >= 4 is 22.8 Å². The quantitative estimate of drug-likeness (QED) is 0.893. The summed E-state index contributed by atoms with van der Waals surface area (Å²) in [6.07, 6.45) is 0. The number of nitrogen functional groups attached to an aromatic ring is 1. The molecule has 0 spiro atoms. The Morgan fingerprint density at radius 2 is 1.85 bits per heavy atom. The Labute approximate surface area is 118 Å². The number of benzene rings is 1. The van der Waals surface area contributed by atoms with Crippen molar-refractivity contribution in [3.8, 4) is 0 Å².